The molecule has 1 aromatic rings. The van der Waals surface area contributed by atoms with E-state index in [0.717, 1.165) is 6.08 Å². The highest BCUT2D eigenvalue weighted by molar-refractivity contribution is 6.15. The summed E-state index contributed by atoms with van der Waals surface area (Å²) in [4.78, 5) is 52.3. The van der Waals surface area contributed by atoms with Crippen LogP contribution in [0.2, 0.25) is 0 Å². The lowest BCUT2D eigenvalue weighted by molar-refractivity contribution is -0.143. The van der Waals surface area contributed by atoms with E-state index < -0.39 is 40.8 Å². The number of alkyl halides is 6. The Morgan fingerprint density at radius 3 is 2.00 bits per heavy atom. The molecule has 2 aliphatic carbocycles. The number of carbonyl (C=O) groups is 4. The van der Waals surface area contributed by atoms with E-state index in [2.05, 4.69) is 11.5 Å². The van der Waals surface area contributed by atoms with Gasteiger partial charge in [0.15, 0.2) is 5.78 Å². The third-order valence-electron chi connectivity index (χ3n) is 7.28. The van der Waals surface area contributed by atoms with E-state index in [4.69, 9.17) is 5.11 Å². The molecule has 0 unspecified atom stereocenters. The first-order chi connectivity index (χ1) is 20.1. The number of unbranched alkanes of at least 4 members (excludes halogenated alkanes) is 1. The Labute approximate surface area is 242 Å². The molecule has 228 valence electrons. The number of benzene rings is 1. The fraction of sp³-hybridized carbons (Fsp3) is 0.400. The maximum absolute atomic E-state index is 13.2. The zero-order chi connectivity index (χ0) is 31.5. The van der Waals surface area contributed by atoms with Gasteiger partial charge in [-0.05, 0) is 67.2 Å². The second-order valence-electron chi connectivity index (χ2n) is 10.3. The van der Waals surface area contributed by atoms with Crippen molar-refractivity contribution in [1.29, 1.82) is 0 Å². The van der Waals surface area contributed by atoms with Gasteiger partial charge < -0.3 is 14.9 Å². The predicted octanol–water partition coefficient (Wildman–Crippen LogP) is 5.33. The molecule has 0 aromatic heterocycles. The molecule has 1 saturated carbocycles. The van der Waals surface area contributed by atoms with Gasteiger partial charge in [-0.3, -0.25) is 19.2 Å². The largest absolute Gasteiger partial charge is 0.481 e. The highest BCUT2D eigenvalue weighted by Gasteiger charge is 2.37. The van der Waals surface area contributed by atoms with Gasteiger partial charge in [-0.1, -0.05) is 11.5 Å². The van der Waals surface area contributed by atoms with E-state index in [-0.39, 0.29) is 73.4 Å². The van der Waals surface area contributed by atoms with Crippen LogP contribution in [-0.2, 0) is 31.5 Å². The average molecular weight is 609 g/mol. The van der Waals surface area contributed by atoms with Crippen molar-refractivity contribution in [3.63, 3.8) is 0 Å². The van der Waals surface area contributed by atoms with E-state index >= 15 is 0 Å². The molecule has 1 N–H and O–H groups in total. The van der Waals surface area contributed by atoms with E-state index in [1.54, 1.807) is 4.90 Å². The Morgan fingerprint density at radius 1 is 0.837 bits per heavy atom. The monoisotopic (exact) mass is 608 g/mol. The number of carbonyl (C=O) groups excluding carboxylic acids is 3. The number of halogens is 6. The average Bonchev–Trinajstić information content (AvgIpc) is 2.95. The van der Waals surface area contributed by atoms with Crippen molar-refractivity contribution < 1.29 is 50.6 Å². The summed E-state index contributed by atoms with van der Waals surface area (Å²) in [7, 11) is 0. The van der Waals surface area contributed by atoms with Gasteiger partial charge in [-0.2, -0.15) is 26.3 Å². The zero-order valence-corrected chi connectivity index (χ0v) is 22.7. The van der Waals surface area contributed by atoms with Gasteiger partial charge in [0.1, 0.15) is 0 Å². The van der Waals surface area contributed by atoms with Crippen molar-refractivity contribution >= 4 is 29.6 Å². The van der Waals surface area contributed by atoms with Crippen LogP contribution in [0.15, 0.2) is 58.0 Å². The van der Waals surface area contributed by atoms with Crippen LogP contribution in [0.3, 0.4) is 0 Å². The number of allylic oxidation sites excluding steroid dienone is 3. The normalized spacial score (nSPS) is 18.2. The number of Topliss-reactive ketones (excluding diaryl/α,β-unsaturated/α-hetero) is 1. The van der Waals surface area contributed by atoms with Gasteiger partial charge in [0.05, 0.1) is 22.3 Å². The molecule has 0 bridgehead atoms. The number of nitrogens with zero attached hydrogens (tertiary/aromatic N) is 2. The molecular formula is C30H26F6N2O5. The van der Waals surface area contributed by atoms with E-state index in [0.29, 0.717) is 43.6 Å². The maximum atomic E-state index is 13.2. The fourth-order valence-electron chi connectivity index (χ4n) is 4.99. The molecule has 43 heavy (non-hydrogen) atoms. The molecule has 13 heteroatoms. The number of amides is 2. The van der Waals surface area contributed by atoms with Crippen LogP contribution in [0.25, 0.3) is 6.08 Å². The quantitative estimate of drug-likeness (QED) is 0.195. The minimum Gasteiger partial charge on any atom is -0.481 e. The summed E-state index contributed by atoms with van der Waals surface area (Å²) in [5, 5.41) is 8.69. The number of rotatable bonds is 7. The lowest BCUT2D eigenvalue weighted by Gasteiger charge is -2.35. The van der Waals surface area contributed by atoms with Crippen molar-refractivity contribution in [2.45, 2.75) is 50.9 Å². The number of hydrogen-bond acceptors (Lipinski definition) is 4. The van der Waals surface area contributed by atoms with Crippen LogP contribution in [0, 0.1) is 0 Å². The SMILES string of the molecule is O=C(O)CCCCC(=O)N1CCN(C(=O)C2=C=C=C3C(=O)/C(=C/c4cc(C(F)(F)F)cc(C(F)(F)F)c4)CCC3=C2)CC1. The summed E-state index contributed by atoms with van der Waals surface area (Å²) < 4.78 is 79.4. The highest BCUT2D eigenvalue weighted by atomic mass is 19.4. The molecule has 1 heterocycles. The highest BCUT2D eigenvalue weighted by Crippen LogP contribution is 2.38. The number of carboxylic acids is 1. The molecule has 1 aromatic carbocycles. The summed E-state index contributed by atoms with van der Waals surface area (Å²) in [5.74, 6) is -2.05. The van der Waals surface area contributed by atoms with Crippen LogP contribution in [0.5, 0.6) is 0 Å². The van der Waals surface area contributed by atoms with E-state index in [1.807, 2.05) is 0 Å². The standard InChI is InChI=1S/C30H26F6N2O5/c31-29(32,33)22-14-18(15-23(17-22)30(34,35)36)13-20-6-5-19-16-21(7-8-24(19)27(20)42)28(43)38-11-9-37(10-12-38)25(39)3-1-2-4-26(40)41/h13-17H,1-6,9-12H2,(H,40,41)/b20-13+. The van der Waals surface area contributed by atoms with Gasteiger partial charge in [-0.25, -0.2) is 0 Å². The van der Waals surface area contributed by atoms with Crippen LogP contribution in [0.1, 0.15) is 55.2 Å². The number of piperazine rings is 1. The number of hydrogen-bond donors (Lipinski definition) is 1. The second-order valence-corrected chi connectivity index (χ2v) is 10.3. The van der Waals surface area contributed by atoms with Gasteiger partial charge in [0, 0.05) is 44.6 Å². The van der Waals surface area contributed by atoms with Crippen molar-refractivity contribution in [1.82, 2.24) is 9.80 Å². The second kappa shape index (κ2) is 12.5. The molecule has 2 fully saturated rings. The van der Waals surface area contributed by atoms with Gasteiger partial charge in [-0.15, -0.1) is 0 Å². The number of fused-ring (bicyclic) bond motifs is 1. The third kappa shape index (κ3) is 7.74. The molecule has 3 aliphatic rings. The van der Waals surface area contributed by atoms with Crippen LogP contribution in [0.4, 0.5) is 26.3 Å². The third-order valence-corrected chi connectivity index (χ3v) is 7.28. The molecule has 0 atom stereocenters. The Hall–Kier alpha value is -4.34. The maximum Gasteiger partial charge on any atom is 0.416 e. The smallest absolute Gasteiger partial charge is 0.416 e. The molecule has 0 spiro atoms. The summed E-state index contributed by atoms with van der Waals surface area (Å²) in [6.45, 7) is 1.12. The Kier molecular flexibility index (Phi) is 9.18. The zero-order valence-electron chi connectivity index (χ0n) is 22.7. The van der Waals surface area contributed by atoms with Crippen LogP contribution in [-0.4, -0.2) is 64.7 Å². The van der Waals surface area contributed by atoms with Gasteiger partial charge in [0.2, 0.25) is 5.91 Å². The number of carboxylic acid groups (broad SMARTS) is 1. The van der Waals surface area contributed by atoms with E-state index in [1.165, 1.54) is 11.0 Å². The Morgan fingerprint density at radius 2 is 1.42 bits per heavy atom. The summed E-state index contributed by atoms with van der Waals surface area (Å²) in [5.41, 5.74) is 2.56. The van der Waals surface area contributed by atoms with Gasteiger partial charge >= 0.3 is 18.3 Å². The first kappa shape index (κ1) is 31.6. The predicted molar refractivity (Wildman–Crippen MR) is 140 cm³/mol. The van der Waals surface area contributed by atoms with Gasteiger partial charge in [0.25, 0.3) is 5.91 Å². The van der Waals surface area contributed by atoms with E-state index in [9.17, 15) is 45.5 Å². The molecule has 2 amide bonds. The lowest BCUT2D eigenvalue weighted by Crippen LogP contribution is -2.50. The lowest BCUT2D eigenvalue weighted by atomic mass is 9.82. The Bertz CT molecular complexity index is 1480. The first-order valence-electron chi connectivity index (χ1n) is 13.4. The fourth-order valence-corrected chi connectivity index (χ4v) is 4.99. The number of aliphatic carboxylic acids is 1. The number of ketones is 1. The molecule has 0 radical (unpaired) electrons. The molecule has 7 nitrogen and oxygen atoms in total. The molecule has 1 aliphatic heterocycles. The van der Waals surface area contributed by atoms with Crippen LogP contribution >= 0.6 is 0 Å². The summed E-state index contributed by atoms with van der Waals surface area (Å²) >= 11 is 0. The topological polar surface area (TPSA) is 95.0 Å². The van der Waals surface area contributed by atoms with Crippen molar-refractivity contribution in [3.8, 4) is 0 Å². The minimum absolute atomic E-state index is 0.00687. The van der Waals surface area contributed by atoms with Crippen molar-refractivity contribution in [3.05, 3.63) is 74.7 Å². The summed E-state index contributed by atoms with van der Waals surface area (Å²) in [6.07, 6.45) is -6.26. The van der Waals surface area contributed by atoms with Crippen molar-refractivity contribution in [2.24, 2.45) is 0 Å². The minimum atomic E-state index is -5.02. The summed E-state index contributed by atoms with van der Waals surface area (Å²) in [6, 6.07) is 1.12. The molecule has 1 saturated heterocycles. The molecule has 4 rings (SSSR count). The van der Waals surface area contributed by atoms with Crippen molar-refractivity contribution in [2.75, 3.05) is 26.2 Å². The Balaban J connectivity index is 1.46. The van der Waals surface area contributed by atoms with Crippen LogP contribution < -0.4 is 0 Å². The first-order valence-corrected chi connectivity index (χ1v) is 13.4. The molecular weight excluding hydrogens is 582 g/mol.